The maximum Gasteiger partial charge on any atom is 0.238 e. The fraction of sp³-hybridized carbons (Fsp3) is 0.533. The molecule has 104 valence electrons. The van der Waals surface area contributed by atoms with Crippen LogP contribution in [0, 0.1) is 12.7 Å². The molecular weight excluding hydrogens is 243 g/mol. The summed E-state index contributed by atoms with van der Waals surface area (Å²) in [5, 5.41) is 2.65. The maximum atomic E-state index is 13.6. The van der Waals surface area contributed by atoms with Crippen LogP contribution in [0.1, 0.15) is 31.2 Å². The van der Waals surface area contributed by atoms with Crippen molar-refractivity contribution < 1.29 is 9.18 Å². The second-order valence-electron chi connectivity index (χ2n) is 5.22. The number of anilines is 1. The third-order valence-electron chi connectivity index (χ3n) is 3.46. The highest BCUT2D eigenvalue weighted by Gasteiger charge is 2.14. The molecule has 1 aliphatic heterocycles. The van der Waals surface area contributed by atoms with E-state index < -0.39 is 0 Å². The Morgan fingerprint density at radius 2 is 1.95 bits per heavy atom. The van der Waals surface area contributed by atoms with Crippen LogP contribution >= 0.6 is 0 Å². The highest BCUT2D eigenvalue weighted by Crippen LogP contribution is 2.15. The zero-order valence-corrected chi connectivity index (χ0v) is 11.4. The molecule has 3 nitrogen and oxygen atoms in total. The maximum absolute atomic E-state index is 13.6. The van der Waals surface area contributed by atoms with E-state index in [1.807, 2.05) is 6.92 Å². The summed E-state index contributed by atoms with van der Waals surface area (Å²) in [5.74, 6) is -0.506. The zero-order chi connectivity index (χ0) is 13.7. The lowest BCUT2D eigenvalue weighted by Gasteiger charge is -2.19. The van der Waals surface area contributed by atoms with Gasteiger partial charge in [-0.25, -0.2) is 4.39 Å². The van der Waals surface area contributed by atoms with Gasteiger partial charge in [0.05, 0.1) is 12.2 Å². The second-order valence-corrected chi connectivity index (χ2v) is 5.22. The molecule has 0 saturated carbocycles. The van der Waals surface area contributed by atoms with Gasteiger partial charge in [-0.3, -0.25) is 9.69 Å². The lowest BCUT2D eigenvalue weighted by Crippen LogP contribution is -2.34. The van der Waals surface area contributed by atoms with Crippen LogP contribution in [0.25, 0.3) is 0 Å². The number of carbonyl (C=O) groups is 1. The number of aryl methyl sites for hydroxylation is 1. The number of hydrogen-bond acceptors (Lipinski definition) is 2. The van der Waals surface area contributed by atoms with E-state index in [9.17, 15) is 9.18 Å². The largest absolute Gasteiger partial charge is 0.322 e. The number of halogens is 1. The van der Waals surface area contributed by atoms with Crippen molar-refractivity contribution in [3.8, 4) is 0 Å². The van der Waals surface area contributed by atoms with Gasteiger partial charge < -0.3 is 5.32 Å². The first-order valence-electron chi connectivity index (χ1n) is 6.93. The normalized spacial score (nSPS) is 16.9. The first-order valence-corrected chi connectivity index (χ1v) is 6.93. The van der Waals surface area contributed by atoms with Gasteiger partial charge in [-0.15, -0.1) is 0 Å². The summed E-state index contributed by atoms with van der Waals surface area (Å²) in [4.78, 5) is 14.1. The Morgan fingerprint density at radius 1 is 1.26 bits per heavy atom. The average molecular weight is 264 g/mol. The third kappa shape index (κ3) is 4.31. The minimum atomic E-state index is -0.371. The second kappa shape index (κ2) is 6.66. The third-order valence-corrected chi connectivity index (χ3v) is 3.46. The molecule has 0 unspecified atom stereocenters. The Hall–Kier alpha value is -1.42. The van der Waals surface area contributed by atoms with Crippen molar-refractivity contribution in [1.82, 2.24) is 4.90 Å². The van der Waals surface area contributed by atoms with Gasteiger partial charge in [-0.2, -0.15) is 0 Å². The van der Waals surface area contributed by atoms with Crippen LogP contribution in [0.4, 0.5) is 10.1 Å². The summed E-state index contributed by atoms with van der Waals surface area (Å²) in [6.07, 6.45) is 4.77. The minimum absolute atomic E-state index is 0.135. The summed E-state index contributed by atoms with van der Waals surface area (Å²) in [6.45, 7) is 4.10. The van der Waals surface area contributed by atoms with E-state index in [1.54, 1.807) is 12.1 Å². The number of nitrogens with zero attached hydrogens (tertiary/aromatic N) is 1. The quantitative estimate of drug-likeness (QED) is 0.910. The van der Waals surface area contributed by atoms with Gasteiger partial charge >= 0.3 is 0 Å². The topological polar surface area (TPSA) is 32.3 Å². The van der Waals surface area contributed by atoms with Crippen molar-refractivity contribution in [2.75, 3.05) is 25.0 Å². The van der Waals surface area contributed by atoms with E-state index in [0.29, 0.717) is 6.54 Å². The van der Waals surface area contributed by atoms with Crippen molar-refractivity contribution in [2.24, 2.45) is 0 Å². The van der Waals surface area contributed by atoms with Crippen LogP contribution in [0.15, 0.2) is 18.2 Å². The summed E-state index contributed by atoms with van der Waals surface area (Å²) in [6, 6.07) is 4.84. The number of amides is 1. The van der Waals surface area contributed by atoms with E-state index in [0.717, 1.165) is 31.5 Å². The molecule has 1 saturated heterocycles. The standard InChI is InChI=1S/C15H21FN2O/c1-12-6-7-14(13(16)10-12)17-15(19)11-18-8-4-2-3-5-9-18/h6-7,10H,2-5,8-9,11H2,1H3,(H,17,19). The SMILES string of the molecule is Cc1ccc(NC(=O)CN2CCCCCC2)c(F)c1. The van der Waals surface area contributed by atoms with Crippen LogP contribution in [0.2, 0.25) is 0 Å². The summed E-state index contributed by atoms with van der Waals surface area (Å²) in [7, 11) is 0. The molecule has 0 spiro atoms. The molecule has 1 amide bonds. The Morgan fingerprint density at radius 3 is 2.58 bits per heavy atom. The molecule has 4 heteroatoms. The van der Waals surface area contributed by atoms with Crippen LogP contribution in [-0.4, -0.2) is 30.4 Å². The van der Waals surface area contributed by atoms with Gasteiger partial charge in [0.25, 0.3) is 0 Å². The Kier molecular flexibility index (Phi) is 4.91. The summed E-state index contributed by atoms with van der Waals surface area (Å²) >= 11 is 0. The molecule has 0 aromatic heterocycles. The molecule has 1 aromatic carbocycles. The van der Waals surface area contributed by atoms with Crippen LogP contribution in [0.3, 0.4) is 0 Å². The van der Waals surface area contributed by atoms with Gasteiger partial charge in [0, 0.05) is 0 Å². The fourth-order valence-corrected chi connectivity index (χ4v) is 2.41. The van der Waals surface area contributed by atoms with Gasteiger partial charge in [0.2, 0.25) is 5.91 Å². The first kappa shape index (κ1) is 14.0. The van der Waals surface area contributed by atoms with Crippen molar-refractivity contribution in [3.05, 3.63) is 29.6 Å². The van der Waals surface area contributed by atoms with Crippen molar-refractivity contribution in [2.45, 2.75) is 32.6 Å². The first-order chi connectivity index (χ1) is 9.15. The van der Waals surface area contributed by atoms with E-state index in [4.69, 9.17) is 0 Å². The van der Waals surface area contributed by atoms with E-state index >= 15 is 0 Å². The molecule has 1 heterocycles. The molecule has 0 atom stereocenters. The van der Waals surface area contributed by atoms with E-state index in [1.165, 1.54) is 18.9 Å². The molecule has 19 heavy (non-hydrogen) atoms. The highest BCUT2D eigenvalue weighted by molar-refractivity contribution is 5.92. The van der Waals surface area contributed by atoms with Crippen LogP contribution in [0.5, 0.6) is 0 Å². The molecule has 1 aromatic rings. The van der Waals surface area contributed by atoms with E-state index in [2.05, 4.69) is 10.2 Å². The summed E-state index contributed by atoms with van der Waals surface area (Å²) < 4.78 is 13.6. The van der Waals surface area contributed by atoms with Gasteiger partial charge in [0.15, 0.2) is 0 Å². The molecular formula is C15H21FN2O. The molecule has 2 rings (SSSR count). The average Bonchev–Trinajstić information content (AvgIpc) is 2.61. The lowest BCUT2D eigenvalue weighted by molar-refractivity contribution is -0.117. The Balaban J connectivity index is 1.89. The van der Waals surface area contributed by atoms with Gasteiger partial charge in [-0.1, -0.05) is 18.9 Å². The van der Waals surface area contributed by atoms with Crippen LogP contribution < -0.4 is 5.32 Å². The Bertz CT molecular complexity index is 440. The summed E-state index contributed by atoms with van der Waals surface area (Å²) in [5.41, 5.74) is 1.12. The fourth-order valence-electron chi connectivity index (χ4n) is 2.41. The van der Waals surface area contributed by atoms with Crippen molar-refractivity contribution in [1.29, 1.82) is 0 Å². The molecule has 1 fully saturated rings. The van der Waals surface area contributed by atoms with E-state index in [-0.39, 0.29) is 17.4 Å². The predicted octanol–water partition coefficient (Wildman–Crippen LogP) is 2.95. The molecule has 1 N–H and O–H groups in total. The van der Waals surface area contributed by atoms with Gasteiger partial charge in [0.1, 0.15) is 5.82 Å². The Labute approximate surface area is 113 Å². The van der Waals surface area contributed by atoms with Crippen LogP contribution in [-0.2, 0) is 4.79 Å². The van der Waals surface area contributed by atoms with Crippen molar-refractivity contribution in [3.63, 3.8) is 0 Å². The van der Waals surface area contributed by atoms with Gasteiger partial charge in [-0.05, 0) is 50.6 Å². The van der Waals surface area contributed by atoms with Crippen molar-refractivity contribution >= 4 is 11.6 Å². The zero-order valence-electron chi connectivity index (χ0n) is 11.4. The molecule has 0 aliphatic carbocycles. The number of benzene rings is 1. The molecule has 1 aliphatic rings. The minimum Gasteiger partial charge on any atom is -0.322 e. The molecule has 0 radical (unpaired) electrons. The lowest BCUT2D eigenvalue weighted by atomic mass is 10.2. The smallest absolute Gasteiger partial charge is 0.238 e. The number of carbonyl (C=O) groups excluding carboxylic acids is 1. The molecule has 0 bridgehead atoms. The number of nitrogens with one attached hydrogen (secondary N) is 1. The highest BCUT2D eigenvalue weighted by atomic mass is 19.1. The predicted molar refractivity (Wildman–Crippen MR) is 74.7 cm³/mol. The number of hydrogen-bond donors (Lipinski definition) is 1. The number of rotatable bonds is 3. The monoisotopic (exact) mass is 264 g/mol. The number of likely N-dealkylation sites (tertiary alicyclic amines) is 1.